The molecule has 0 aliphatic rings. The molecule has 0 saturated carbocycles. The highest BCUT2D eigenvalue weighted by molar-refractivity contribution is 6.01. The molecule has 1 aromatic carbocycles. The van der Waals surface area contributed by atoms with Crippen LogP contribution in [0.3, 0.4) is 0 Å². The number of amides is 2. The van der Waals surface area contributed by atoms with Crippen LogP contribution in [-0.4, -0.2) is 17.1 Å². The van der Waals surface area contributed by atoms with Crippen molar-refractivity contribution in [3.8, 4) is 0 Å². The maximum Gasteiger partial charge on any atom is 0.337 e. The minimum Gasteiger partial charge on any atom is -0.478 e. The van der Waals surface area contributed by atoms with Crippen LogP contribution < -0.4 is 10.6 Å². The Balaban J connectivity index is 2.11. The van der Waals surface area contributed by atoms with Crippen molar-refractivity contribution in [3.63, 3.8) is 0 Å². The highest BCUT2D eigenvalue weighted by Gasteiger charge is 2.16. The molecule has 0 aliphatic carbocycles. The molecule has 0 aliphatic heterocycles. The number of para-hydroxylation sites is 1. The van der Waals surface area contributed by atoms with E-state index in [1.54, 1.807) is 38.1 Å². The van der Waals surface area contributed by atoms with Gasteiger partial charge in [0.2, 0.25) is 0 Å². The Kier molecular flexibility index (Phi) is 4.27. The molecule has 0 radical (unpaired) electrons. The molecule has 0 spiro atoms. The maximum absolute atomic E-state index is 12.0. The van der Waals surface area contributed by atoms with Crippen LogP contribution in [-0.2, 0) is 0 Å². The zero-order valence-corrected chi connectivity index (χ0v) is 11.7. The molecule has 1 aromatic heterocycles. The van der Waals surface area contributed by atoms with Crippen LogP contribution in [0.5, 0.6) is 0 Å². The Morgan fingerprint density at radius 2 is 2.00 bits per heavy atom. The van der Waals surface area contributed by atoms with E-state index in [0.29, 0.717) is 11.3 Å². The van der Waals surface area contributed by atoms with E-state index in [9.17, 15) is 9.59 Å². The summed E-state index contributed by atoms with van der Waals surface area (Å²) in [6.07, 6.45) is 1.52. The summed E-state index contributed by atoms with van der Waals surface area (Å²) in [5.74, 6) is -0.471. The van der Waals surface area contributed by atoms with Gasteiger partial charge in [-0.25, -0.2) is 9.59 Å². The lowest BCUT2D eigenvalue weighted by atomic mass is 10.1. The topological polar surface area (TPSA) is 91.6 Å². The Labute approximate surface area is 121 Å². The fourth-order valence-corrected chi connectivity index (χ4v) is 1.97. The number of furan rings is 1. The van der Waals surface area contributed by atoms with E-state index in [1.165, 1.54) is 12.3 Å². The first-order valence-corrected chi connectivity index (χ1v) is 6.43. The molecule has 2 rings (SSSR count). The van der Waals surface area contributed by atoms with E-state index in [0.717, 1.165) is 0 Å². The smallest absolute Gasteiger partial charge is 0.337 e. The van der Waals surface area contributed by atoms with Crippen molar-refractivity contribution < 1.29 is 19.1 Å². The summed E-state index contributed by atoms with van der Waals surface area (Å²) >= 11 is 0. The number of benzene rings is 1. The molecule has 0 fully saturated rings. The monoisotopic (exact) mass is 288 g/mol. The van der Waals surface area contributed by atoms with E-state index < -0.39 is 12.0 Å². The largest absolute Gasteiger partial charge is 0.478 e. The highest BCUT2D eigenvalue weighted by Crippen LogP contribution is 2.21. The lowest BCUT2D eigenvalue weighted by Crippen LogP contribution is -2.31. The van der Waals surface area contributed by atoms with Gasteiger partial charge >= 0.3 is 12.0 Å². The van der Waals surface area contributed by atoms with Crippen LogP contribution in [0, 0.1) is 6.92 Å². The summed E-state index contributed by atoms with van der Waals surface area (Å²) in [4.78, 5) is 23.2. The minimum absolute atomic E-state index is 0.0517. The summed E-state index contributed by atoms with van der Waals surface area (Å²) in [6.45, 7) is 3.51. The van der Waals surface area contributed by atoms with Crippen LogP contribution in [0.1, 0.15) is 34.6 Å². The van der Waals surface area contributed by atoms with Crippen LogP contribution in [0.4, 0.5) is 10.5 Å². The third-order valence-electron chi connectivity index (χ3n) is 3.06. The number of carbonyl (C=O) groups excluding carboxylic acids is 1. The van der Waals surface area contributed by atoms with Crippen LogP contribution >= 0.6 is 0 Å². The number of carbonyl (C=O) groups is 2. The molecule has 2 aromatic rings. The summed E-state index contributed by atoms with van der Waals surface area (Å²) in [5, 5.41) is 14.4. The molecule has 2 amide bonds. The lowest BCUT2D eigenvalue weighted by molar-refractivity contribution is 0.0698. The van der Waals surface area contributed by atoms with Gasteiger partial charge in [-0.1, -0.05) is 12.1 Å². The van der Waals surface area contributed by atoms with Crippen LogP contribution in [0.15, 0.2) is 41.0 Å². The van der Waals surface area contributed by atoms with Gasteiger partial charge < -0.3 is 20.2 Å². The minimum atomic E-state index is -1.09. The Hall–Kier alpha value is -2.76. The molecule has 21 heavy (non-hydrogen) atoms. The predicted molar refractivity (Wildman–Crippen MR) is 77.4 cm³/mol. The summed E-state index contributed by atoms with van der Waals surface area (Å²) < 4.78 is 5.20. The van der Waals surface area contributed by atoms with Gasteiger partial charge in [0.05, 0.1) is 23.6 Å². The van der Waals surface area contributed by atoms with E-state index in [4.69, 9.17) is 9.52 Å². The summed E-state index contributed by atoms with van der Waals surface area (Å²) in [6, 6.07) is 7.48. The average Bonchev–Trinajstić information content (AvgIpc) is 2.94. The fraction of sp³-hybridized carbons (Fsp3) is 0.200. The molecule has 0 saturated heterocycles. The van der Waals surface area contributed by atoms with Gasteiger partial charge in [-0.2, -0.15) is 0 Å². The van der Waals surface area contributed by atoms with Crippen molar-refractivity contribution in [1.29, 1.82) is 0 Å². The van der Waals surface area contributed by atoms with Gasteiger partial charge in [0.1, 0.15) is 5.76 Å². The second-order valence-electron chi connectivity index (χ2n) is 4.64. The average molecular weight is 288 g/mol. The van der Waals surface area contributed by atoms with Gasteiger partial charge in [0, 0.05) is 0 Å². The van der Waals surface area contributed by atoms with Crippen LogP contribution in [0.25, 0.3) is 0 Å². The quantitative estimate of drug-likeness (QED) is 0.805. The number of rotatable bonds is 4. The molecule has 1 heterocycles. The van der Waals surface area contributed by atoms with E-state index in [1.807, 2.05) is 0 Å². The number of aromatic carboxylic acids is 1. The fourth-order valence-electron chi connectivity index (χ4n) is 1.97. The van der Waals surface area contributed by atoms with Gasteiger partial charge in [-0.15, -0.1) is 0 Å². The molecular weight excluding hydrogens is 272 g/mol. The van der Waals surface area contributed by atoms with Crippen molar-refractivity contribution in [1.82, 2.24) is 5.32 Å². The number of hydrogen-bond acceptors (Lipinski definition) is 3. The standard InChI is InChI=1S/C15H16N2O4/c1-9-5-3-6-11(14(18)19)13(9)17-15(20)16-10(2)12-7-4-8-21-12/h3-8,10H,1-2H3,(H,18,19)(H2,16,17,20). The number of nitrogens with one attached hydrogen (secondary N) is 2. The number of aryl methyl sites for hydroxylation is 1. The first-order valence-electron chi connectivity index (χ1n) is 6.43. The van der Waals surface area contributed by atoms with Crippen molar-refractivity contribution >= 4 is 17.7 Å². The first-order chi connectivity index (χ1) is 9.99. The third-order valence-corrected chi connectivity index (χ3v) is 3.06. The SMILES string of the molecule is Cc1cccc(C(=O)O)c1NC(=O)NC(C)c1ccco1. The predicted octanol–water partition coefficient (Wildman–Crippen LogP) is 3.17. The number of carboxylic acid groups (broad SMARTS) is 1. The zero-order chi connectivity index (χ0) is 15.4. The Morgan fingerprint density at radius 3 is 2.62 bits per heavy atom. The number of anilines is 1. The van der Waals surface area contributed by atoms with Crippen molar-refractivity contribution in [2.24, 2.45) is 0 Å². The van der Waals surface area contributed by atoms with Gasteiger partial charge in [0.15, 0.2) is 0 Å². The number of carboxylic acids is 1. The molecule has 6 heteroatoms. The summed E-state index contributed by atoms with van der Waals surface area (Å²) in [5.41, 5.74) is 1.01. The van der Waals surface area contributed by atoms with E-state index in [2.05, 4.69) is 10.6 Å². The van der Waals surface area contributed by atoms with Crippen molar-refractivity contribution in [2.45, 2.75) is 19.9 Å². The lowest BCUT2D eigenvalue weighted by Gasteiger charge is -2.15. The molecule has 3 N–H and O–H groups in total. The normalized spacial score (nSPS) is 11.7. The van der Waals surface area contributed by atoms with Gasteiger partial charge in [-0.05, 0) is 37.6 Å². The van der Waals surface area contributed by atoms with Crippen molar-refractivity contribution in [3.05, 3.63) is 53.5 Å². The zero-order valence-electron chi connectivity index (χ0n) is 11.7. The molecule has 0 bridgehead atoms. The summed E-state index contributed by atoms with van der Waals surface area (Å²) in [7, 11) is 0. The first kappa shape index (κ1) is 14.6. The second-order valence-corrected chi connectivity index (χ2v) is 4.64. The Morgan fingerprint density at radius 1 is 1.24 bits per heavy atom. The van der Waals surface area contributed by atoms with Gasteiger partial charge in [0.25, 0.3) is 0 Å². The maximum atomic E-state index is 12.0. The molecule has 6 nitrogen and oxygen atoms in total. The second kappa shape index (κ2) is 6.13. The number of hydrogen-bond donors (Lipinski definition) is 3. The highest BCUT2D eigenvalue weighted by atomic mass is 16.4. The van der Waals surface area contributed by atoms with Crippen molar-refractivity contribution in [2.75, 3.05) is 5.32 Å². The Bertz CT molecular complexity index is 650. The molecule has 110 valence electrons. The van der Waals surface area contributed by atoms with E-state index >= 15 is 0 Å². The van der Waals surface area contributed by atoms with E-state index in [-0.39, 0.29) is 17.3 Å². The molecule has 1 atom stereocenters. The molecular formula is C15H16N2O4. The van der Waals surface area contributed by atoms with Crippen LogP contribution in [0.2, 0.25) is 0 Å². The van der Waals surface area contributed by atoms with Gasteiger partial charge in [-0.3, -0.25) is 0 Å². The molecule has 1 unspecified atom stereocenters. The third kappa shape index (κ3) is 3.42. The number of urea groups is 1.